The molecule has 0 spiro atoms. The summed E-state index contributed by atoms with van der Waals surface area (Å²) in [6, 6.07) is 0. The molecule has 0 saturated carbocycles. The summed E-state index contributed by atoms with van der Waals surface area (Å²) in [7, 11) is 0. The molecular weight excluding hydrogens is 426 g/mol. The first-order valence-electron chi connectivity index (χ1n) is 9.53. The predicted octanol–water partition coefficient (Wildman–Crippen LogP) is -3.19. The van der Waals surface area contributed by atoms with Crippen molar-refractivity contribution in [3.63, 3.8) is 0 Å². The molecule has 2 saturated heterocycles. The molecule has 0 bridgehead atoms. The summed E-state index contributed by atoms with van der Waals surface area (Å²) in [5, 5.41) is 72.3. The highest BCUT2D eigenvalue weighted by molar-refractivity contribution is 5.66. The standard InChI is InChI=1S/C16H27N3O12/c17-19-18-3-4-28-16-14(12(26)10(24)7(5-20)30-16)31-15-13(27)11(25)9(23)6(29-15)1-2-8(21)22/h6-7,9-16,20,23-27H,1-5H2,(H,21,22)/t6?,7?,9-,10-,11?,12?,13?,14?,15-,16+/m1/s1. The highest BCUT2D eigenvalue weighted by atomic mass is 16.8. The van der Waals surface area contributed by atoms with Gasteiger partial charge in [-0.1, -0.05) is 5.11 Å². The number of aliphatic hydroxyl groups excluding tert-OH is 6. The van der Waals surface area contributed by atoms with Crippen LogP contribution in [0.4, 0.5) is 0 Å². The van der Waals surface area contributed by atoms with Gasteiger partial charge in [-0.2, -0.15) is 0 Å². The number of ether oxygens (including phenoxy) is 4. The Labute approximate surface area is 176 Å². The van der Waals surface area contributed by atoms with Crippen molar-refractivity contribution in [1.29, 1.82) is 0 Å². The molecule has 0 amide bonds. The van der Waals surface area contributed by atoms with Gasteiger partial charge in [-0.25, -0.2) is 0 Å². The molecule has 15 heteroatoms. The van der Waals surface area contributed by atoms with Gasteiger partial charge in [-0.15, -0.1) is 0 Å². The Morgan fingerprint density at radius 1 is 0.968 bits per heavy atom. The first-order valence-corrected chi connectivity index (χ1v) is 9.53. The Morgan fingerprint density at radius 3 is 2.23 bits per heavy atom. The molecule has 7 N–H and O–H groups in total. The summed E-state index contributed by atoms with van der Waals surface area (Å²) in [5.74, 6) is -1.17. The number of azide groups is 1. The second-order valence-electron chi connectivity index (χ2n) is 7.08. The van der Waals surface area contributed by atoms with Crippen LogP contribution in [0.2, 0.25) is 0 Å². The van der Waals surface area contributed by atoms with E-state index in [4.69, 9.17) is 29.6 Å². The van der Waals surface area contributed by atoms with E-state index in [-0.39, 0.29) is 19.6 Å². The molecule has 0 aromatic rings. The van der Waals surface area contributed by atoms with Gasteiger partial charge in [0.25, 0.3) is 0 Å². The van der Waals surface area contributed by atoms with Crippen LogP contribution in [0.15, 0.2) is 5.11 Å². The second kappa shape index (κ2) is 11.8. The van der Waals surface area contributed by atoms with Crippen molar-refractivity contribution in [1.82, 2.24) is 0 Å². The third kappa shape index (κ3) is 6.44. The van der Waals surface area contributed by atoms with Gasteiger partial charge in [-0.3, -0.25) is 4.79 Å². The smallest absolute Gasteiger partial charge is 0.303 e. The highest BCUT2D eigenvalue weighted by Crippen LogP contribution is 2.30. The number of carboxylic acids is 1. The molecule has 0 aromatic heterocycles. The lowest BCUT2D eigenvalue weighted by Gasteiger charge is -2.46. The minimum Gasteiger partial charge on any atom is -0.481 e. The number of rotatable bonds is 10. The van der Waals surface area contributed by atoms with Crippen LogP contribution in [-0.4, -0.2) is 123 Å². The van der Waals surface area contributed by atoms with Gasteiger partial charge < -0.3 is 54.7 Å². The van der Waals surface area contributed by atoms with Crippen LogP contribution in [0.5, 0.6) is 0 Å². The van der Waals surface area contributed by atoms with Crippen LogP contribution in [0.3, 0.4) is 0 Å². The maximum atomic E-state index is 10.8. The summed E-state index contributed by atoms with van der Waals surface area (Å²) >= 11 is 0. The lowest BCUT2D eigenvalue weighted by atomic mass is 9.95. The number of hydrogen-bond acceptors (Lipinski definition) is 12. The summed E-state index contributed by atoms with van der Waals surface area (Å²) in [6.07, 6.45) is -16.0. The largest absolute Gasteiger partial charge is 0.481 e. The van der Waals surface area contributed by atoms with Gasteiger partial charge >= 0.3 is 5.97 Å². The fraction of sp³-hybridized carbons (Fsp3) is 0.938. The van der Waals surface area contributed by atoms with Crippen molar-refractivity contribution in [2.75, 3.05) is 19.8 Å². The van der Waals surface area contributed by atoms with Crippen molar-refractivity contribution in [2.24, 2.45) is 5.11 Å². The van der Waals surface area contributed by atoms with Gasteiger partial charge in [0.15, 0.2) is 12.6 Å². The fourth-order valence-electron chi connectivity index (χ4n) is 3.28. The van der Waals surface area contributed by atoms with E-state index in [2.05, 4.69) is 10.0 Å². The Bertz CT molecular complexity index is 635. The lowest BCUT2D eigenvalue weighted by molar-refractivity contribution is -0.366. The summed E-state index contributed by atoms with van der Waals surface area (Å²) in [6.45, 7) is -0.936. The molecule has 31 heavy (non-hydrogen) atoms. The van der Waals surface area contributed by atoms with Crippen LogP contribution < -0.4 is 0 Å². The van der Waals surface area contributed by atoms with E-state index in [1.54, 1.807) is 0 Å². The molecule has 0 aromatic carbocycles. The number of hydrogen-bond donors (Lipinski definition) is 7. The van der Waals surface area contributed by atoms with Crippen molar-refractivity contribution in [3.05, 3.63) is 10.4 Å². The molecule has 178 valence electrons. The number of aliphatic carboxylic acids is 1. The highest BCUT2D eigenvalue weighted by Gasteiger charge is 2.50. The first kappa shape index (κ1) is 25.6. The molecule has 2 fully saturated rings. The van der Waals surface area contributed by atoms with Crippen LogP contribution in [0, 0.1) is 0 Å². The van der Waals surface area contributed by atoms with E-state index < -0.39 is 80.4 Å². The van der Waals surface area contributed by atoms with Gasteiger partial charge in [0.1, 0.15) is 42.7 Å². The first-order chi connectivity index (χ1) is 14.7. The predicted molar refractivity (Wildman–Crippen MR) is 96.1 cm³/mol. The van der Waals surface area contributed by atoms with Crippen LogP contribution in [0.25, 0.3) is 10.4 Å². The van der Waals surface area contributed by atoms with Crippen molar-refractivity contribution < 1.29 is 59.5 Å². The third-order valence-electron chi connectivity index (χ3n) is 4.96. The molecule has 2 aliphatic heterocycles. The minimum absolute atomic E-state index is 0.101. The van der Waals surface area contributed by atoms with Gasteiger partial charge in [0.2, 0.25) is 0 Å². The quantitative estimate of drug-likeness (QED) is 0.0748. The van der Waals surface area contributed by atoms with E-state index in [1.165, 1.54) is 0 Å². The van der Waals surface area contributed by atoms with E-state index in [0.29, 0.717) is 0 Å². The molecule has 15 nitrogen and oxygen atoms in total. The zero-order valence-corrected chi connectivity index (χ0v) is 16.3. The minimum atomic E-state index is -1.79. The Morgan fingerprint density at radius 2 is 1.61 bits per heavy atom. The molecule has 6 unspecified atom stereocenters. The number of carboxylic acid groups (broad SMARTS) is 1. The molecule has 10 atom stereocenters. The van der Waals surface area contributed by atoms with Gasteiger partial charge in [0.05, 0.1) is 19.3 Å². The number of aliphatic hydroxyl groups is 6. The molecular formula is C16H27N3O12. The van der Waals surface area contributed by atoms with Crippen molar-refractivity contribution in [3.8, 4) is 0 Å². The van der Waals surface area contributed by atoms with E-state index in [9.17, 15) is 35.4 Å². The van der Waals surface area contributed by atoms with Crippen LogP contribution in [-0.2, 0) is 23.7 Å². The van der Waals surface area contributed by atoms with Crippen molar-refractivity contribution >= 4 is 5.97 Å². The maximum absolute atomic E-state index is 10.8. The van der Waals surface area contributed by atoms with Gasteiger partial charge in [-0.05, 0) is 12.0 Å². The summed E-state index contributed by atoms with van der Waals surface area (Å²) < 4.78 is 21.6. The summed E-state index contributed by atoms with van der Waals surface area (Å²) in [4.78, 5) is 13.3. The molecule has 2 aliphatic rings. The zero-order chi connectivity index (χ0) is 23.1. The Hall–Kier alpha value is -1.62. The zero-order valence-electron chi connectivity index (χ0n) is 16.3. The maximum Gasteiger partial charge on any atom is 0.303 e. The van der Waals surface area contributed by atoms with E-state index >= 15 is 0 Å². The number of carbonyl (C=O) groups is 1. The average molecular weight is 453 g/mol. The molecule has 2 rings (SSSR count). The average Bonchev–Trinajstić information content (AvgIpc) is 2.74. The second-order valence-corrected chi connectivity index (χ2v) is 7.08. The summed E-state index contributed by atoms with van der Waals surface area (Å²) in [5.41, 5.74) is 8.32. The molecule has 0 radical (unpaired) electrons. The van der Waals surface area contributed by atoms with Gasteiger partial charge in [0, 0.05) is 17.9 Å². The normalized spacial score (nSPS) is 40.8. The van der Waals surface area contributed by atoms with Crippen LogP contribution in [0.1, 0.15) is 12.8 Å². The fourth-order valence-corrected chi connectivity index (χ4v) is 3.28. The van der Waals surface area contributed by atoms with E-state index in [0.717, 1.165) is 0 Å². The number of nitrogens with zero attached hydrogens (tertiary/aromatic N) is 3. The van der Waals surface area contributed by atoms with Crippen molar-refractivity contribution in [2.45, 2.75) is 74.3 Å². The van der Waals surface area contributed by atoms with Crippen LogP contribution >= 0.6 is 0 Å². The Balaban J connectivity index is 2.14. The Kier molecular flexibility index (Phi) is 9.80. The molecule has 2 heterocycles. The van der Waals surface area contributed by atoms with E-state index in [1.807, 2.05) is 0 Å². The lowest BCUT2D eigenvalue weighted by Crippen LogP contribution is -2.64. The SMILES string of the molecule is [N-]=[N+]=NCCO[C@H]1OC(CO)[C@@H](O)C(O)C1O[C@H]1OC(CCC(=O)O)[C@@H](O)C(O)C1O. The monoisotopic (exact) mass is 453 g/mol. The molecule has 0 aliphatic carbocycles. The third-order valence-corrected chi connectivity index (χ3v) is 4.96. The topological polar surface area (TPSA) is 244 Å².